The number of rotatable bonds is 5. The van der Waals surface area contributed by atoms with Gasteiger partial charge in [0.1, 0.15) is 11.5 Å². The van der Waals surface area contributed by atoms with Crippen molar-refractivity contribution >= 4 is 47.8 Å². The number of hydrogen-bond acceptors (Lipinski definition) is 2. The van der Waals surface area contributed by atoms with Crippen LogP contribution in [0.1, 0.15) is 22.9 Å². The van der Waals surface area contributed by atoms with Crippen LogP contribution in [0.3, 0.4) is 0 Å². The highest BCUT2D eigenvalue weighted by Crippen LogP contribution is 2.39. The highest BCUT2D eigenvalue weighted by Gasteiger charge is 2.15. The topological polar surface area (TPSA) is 18.5 Å². The fourth-order valence-electron chi connectivity index (χ4n) is 1.99. The van der Waals surface area contributed by atoms with Crippen molar-refractivity contribution in [1.82, 2.24) is 0 Å². The maximum absolute atomic E-state index is 5.51. The largest absolute Gasteiger partial charge is 0.496 e. The molecule has 0 fully saturated rings. The molecule has 2 aromatic carbocycles. The predicted octanol–water partition coefficient (Wildman–Crippen LogP) is 6.10. The predicted molar refractivity (Wildman–Crippen MR) is 96.8 cm³/mol. The van der Waals surface area contributed by atoms with Gasteiger partial charge in [-0.25, -0.2) is 0 Å². The van der Waals surface area contributed by atoms with Crippen LogP contribution in [-0.2, 0) is 0 Å². The van der Waals surface area contributed by atoms with Crippen molar-refractivity contribution in [2.75, 3.05) is 13.7 Å². The quantitative estimate of drug-likeness (QED) is 0.483. The zero-order valence-corrected chi connectivity index (χ0v) is 16.5. The zero-order valence-electron chi connectivity index (χ0n) is 11.7. The van der Waals surface area contributed by atoms with E-state index in [0.29, 0.717) is 6.61 Å². The highest BCUT2D eigenvalue weighted by molar-refractivity contribution is 9.11. The number of benzene rings is 2. The lowest BCUT2D eigenvalue weighted by molar-refractivity contribution is 0.340. The van der Waals surface area contributed by atoms with E-state index in [2.05, 4.69) is 59.9 Å². The molecule has 0 spiro atoms. The van der Waals surface area contributed by atoms with Crippen LogP contribution in [0.15, 0.2) is 45.3 Å². The Labute approximate surface area is 150 Å². The van der Waals surface area contributed by atoms with Crippen molar-refractivity contribution in [3.8, 4) is 11.5 Å². The Morgan fingerprint density at radius 1 is 1.05 bits per heavy atom. The van der Waals surface area contributed by atoms with Crippen LogP contribution < -0.4 is 9.47 Å². The number of alkyl halides is 1. The summed E-state index contributed by atoms with van der Waals surface area (Å²) in [7, 11) is 1.66. The molecule has 0 aliphatic heterocycles. The fourth-order valence-corrected chi connectivity index (χ4v) is 4.13. The van der Waals surface area contributed by atoms with Crippen molar-refractivity contribution in [1.29, 1.82) is 0 Å². The lowest BCUT2D eigenvalue weighted by Gasteiger charge is -2.15. The van der Waals surface area contributed by atoms with E-state index < -0.39 is 0 Å². The van der Waals surface area contributed by atoms with Gasteiger partial charge in [-0.2, -0.15) is 0 Å². The van der Waals surface area contributed by atoms with Gasteiger partial charge in [0, 0.05) is 4.47 Å². The lowest BCUT2D eigenvalue weighted by atomic mass is 10.0. The summed E-state index contributed by atoms with van der Waals surface area (Å²) in [6, 6.07) is 12.1. The third-order valence-corrected chi connectivity index (χ3v) is 5.35. The standard InChI is InChI=1S/C16H15Br3O2/c1-3-21-11-5-6-12(13(17)9-11)16(19)10-4-7-15(20-2)14(18)8-10/h4-9,16H,3H2,1-2H3. The minimum atomic E-state index is 0.0877. The van der Waals surface area contributed by atoms with Crippen LogP contribution in [0.25, 0.3) is 0 Å². The molecule has 0 saturated carbocycles. The van der Waals surface area contributed by atoms with E-state index in [9.17, 15) is 0 Å². The van der Waals surface area contributed by atoms with Gasteiger partial charge < -0.3 is 9.47 Å². The molecule has 0 aliphatic rings. The zero-order chi connectivity index (χ0) is 15.4. The van der Waals surface area contributed by atoms with Gasteiger partial charge in [-0.1, -0.05) is 44.0 Å². The maximum Gasteiger partial charge on any atom is 0.133 e. The monoisotopic (exact) mass is 476 g/mol. The van der Waals surface area contributed by atoms with Gasteiger partial charge in [-0.15, -0.1) is 0 Å². The Morgan fingerprint density at radius 3 is 2.38 bits per heavy atom. The normalized spacial score (nSPS) is 12.0. The fraction of sp³-hybridized carbons (Fsp3) is 0.250. The van der Waals surface area contributed by atoms with Crippen molar-refractivity contribution < 1.29 is 9.47 Å². The minimum Gasteiger partial charge on any atom is -0.496 e. The first kappa shape index (κ1) is 16.8. The molecular weight excluding hydrogens is 464 g/mol. The van der Waals surface area contributed by atoms with Crippen molar-refractivity contribution in [3.63, 3.8) is 0 Å². The van der Waals surface area contributed by atoms with Crippen molar-refractivity contribution in [3.05, 3.63) is 56.5 Å². The summed E-state index contributed by atoms with van der Waals surface area (Å²) in [6.45, 7) is 2.64. The molecule has 2 aromatic rings. The molecule has 0 heterocycles. The van der Waals surface area contributed by atoms with Gasteiger partial charge >= 0.3 is 0 Å². The first-order valence-corrected chi connectivity index (χ1v) is 8.96. The Balaban J connectivity index is 2.31. The molecule has 1 unspecified atom stereocenters. The molecule has 1 atom stereocenters. The van der Waals surface area contributed by atoms with E-state index in [1.54, 1.807) is 7.11 Å². The molecule has 0 aromatic heterocycles. The molecule has 0 bridgehead atoms. The van der Waals surface area contributed by atoms with Crippen molar-refractivity contribution in [2.24, 2.45) is 0 Å². The third kappa shape index (κ3) is 4.02. The lowest BCUT2D eigenvalue weighted by Crippen LogP contribution is -1.97. The molecule has 5 heteroatoms. The Bertz CT molecular complexity index is 629. The summed E-state index contributed by atoms with van der Waals surface area (Å²) in [5.41, 5.74) is 2.29. The van der Waals surface area contributed by atoms with Crippen LogP contribution in [0.2, 0.25) is 0 Å². The molecule has 0 N–H and O–H groups in total. The first-order chi connectivity index (χ1) is 10.1. The number of methoxy groups -OCH3 is 1. The van der Waals surface area contributed by atoms with Crippen LogP contribution >= 0.6 is 47.8 Å². The van der Waals surface area contributed by atoms with E-state index in [1.807, 2.05) is 31.2 Å². The van der Waals surface area contributed by atoms with E-state index in [1.165, 1.54) is 0 Å². The number of ether oxygens (including phenoxy) is 2. The first-order valence-electron chi connectivity index (χ1n) is 6.46. The molecule has 21 heavy (non-hydrogen) atoms. The second-order valence-corrected chi connectivity index (χ2v) is 7.00. The SMILES string of the molecule is CCOc1ccc(C(Br)c2ccc(OC)c(Br)c2)c(Br)c1. The van der Waals surface area contributed by atoms with Gasteiger partial charge in [0.2, 0.25) is 0 Å². The molecule has 0 saturated heterocycles. The number of hydrogen-bond donors (Lipinski definition) is 0. The van der Waals surface area contributed by atoms with Crippen molar-refractivity contribution in [2.45, 2.75) is 11.8 Å². The minimum absolute atomic E-state index is 0.0877. The average molecular weight is 479 g/mol. The summed E-state index contributed by atoms with van der Waals surface area (Å²) >= 11 is 10.9. The average Bonchev–Trinajstić information content (AvgIpc) is 2.47. The van der Waals surface area contributed by atoms with E-state index in [0.717, 1.165) is 31.6 Å². The van der Waals surface area contributed by atoms with Crippen LogP contribution in [0.5, 0.6) is 11.5 Å². The molecule has 0 amide bonds. The second-order valence-electron chi connectivity index (χ2n) is 4.37. The Kier molecular flexibility index (Phi) is 6.14. The van der Waals surface area contributed by atoms with Gasteiger partial charge in [0.05, 0.1) is 23.0 Å². The van der Waals surface area contributed by atoms with Gasteiger partial charge in [0.25, 0.3) is 0 Å². The van der Waals surface area contributed by atoms with Crippen LogP contribution in [0.4, 0.5) is 0 Å². The van der Waals surface area contributed by atoms with Gasteiger partial charge in [0.15, 0.2) is 0 Å². The van der Waals surface area contributed by atoms with E-state index >= 15 is 0 Å². The smallest absolute Gasteiger partial charge is 0.133 e. The third-order valence-electron chi connectivity index (χ3n) is 3.02. The van der Waals surface area contributed by atoms with Gasteiger partial charge in [-0.3, -0.25) is 0 Å². The molecule has 0 radical (unpaired) electrons. The Hall–Kier alpha value is -0.520. The van der Waals surface area contributed by atoms with E-state index in [-0.39, 0.29) is 4.83 Å². The summed E-state index contributed by atoms with van der Waals surface area (Å²) < 4.78 is 12.7. The van der Waals surface area contributed by atoms with Crippen LogP contribution in [0, 0.1) is 0 Å². The summed E-state index contributed by atoms with van der Waals surface area (Å²) in [6.07, 6.45) is 0. The van der Waals surface area contributed by atoms with Crippen LogP contribution in [-0.4, -0.2) is 13.7 Å². The number of halogens is 3. The highest BCUT2D eigenvalue weighted by atomic mass is 79.9. The Morgan fingerprint density at radius 2 is 1.81 bits per heavy atom. The molecular formula is C16H15Br3O2. The van der Waals surface area contributed by atoms with E-state index in [4.69, 9.17) is 9.47 Å². The molecule has 112 valence electrons. The second kappa shape index (κ2) is 7.65. The summed E-state index contributed by atoms with van der Waals surface area (Å²) in [5, 5.41) is 0. The molecule has 2 rings (SSSR count). The maximum atomic E-state index is 5.51. The molecule has 0 aliphatic carbocycles. The summed E-state index contributed by atoms with van der Waals surface area (Å²) in [4.78, 5) is 0.0877. The summed E-state index contributed by atoms with van der Waals surface area (Å²) in [5.74, 6) is 1.69. The molecule has 2 nitrogen and oxygen atoms in total. The van der Waals surface area contributed by atoms with Gasteiger partial charge in [-0.05, 0) is 58.2 Å².